The topological polar surface area (TPSA) is 70.6 Å². The van der Waals surface area contributed by atoms with Gasteiger partial charge in [0.15, 0.2) is 5.17 Å². The highest BCUT2D eigenvalue weighted by Gasteiger charge is 2.31. The summed E-state index contributed by atoms with van der Waals surface area (Å²) in [5.74, 6) is -0.363. The second-order valence-electron chi connectivity index (χ2n) is 4.65. The Labute approximate surface area is 127 Å². The second-order valence-corrected chi connectivity index (χ2v) is 5.84. The first-order valence-corrected chi connectivity index (χ1v) is 7.46. The number of nitrogens with zero attached hydrogens (tertiary/aromatic N) is 1. The first-order chi connectivity index (χ1) is 10.1. The molecule has 1 fully saturated rings. The zero-order valence-corrected chi connectivity index (χ0v) is 12.6. The molecule has 0 spiro atoms. The molecule has 0 saturated carbocycles. The van der Waals surface area contributed by atoms with E-state index in [1.54, 1.807) is 6.08 Å². The molecule has 1 heterocycles. The predicted molar refractivity (Wildman–Crippen MR) is 86.4 cm³/mol. The molecular formula is C15H17N3O2S. The lowest BCUT2D eigenvalue weighted by Crippen LogP contribution is -2.28. The van der Waals surface area contributed by atoms with Crippen molar-refractivity contribution in [2.24, 2.45) is 4.99 Å². The maximum atomic E-state index is 12.0. The maximum Gasteiger partial charge on any atom is 0.240 e. The van der Waals surface area contributed by atoms with Gasteiger partial charge >= 0.3 is 0 Å². The number of rotatable bonds is 5. The Kier molecular flexibility index (Phi) is 5.16. The van der Waals surface area contributed by atoms with Crippen molar-refractivity contribution >= 4 is 34.4 Å². The van der Waals surface area contributed by atoms with E-state index in [2.05, 4.69) is 22.2 Å². The van der Waals surface area contributed by atoms with Crippen LogP contribution in [-0.2, 0) is 9.59 Å². The Bertz CT molecular complexity index is 581. The van der Waals surface area contributed by atoms with Crippen molar-refractivity contribution in [3.8, 4) is 0 Å². The number of amidine groups is 1. The molecule has 0 aromatic heterocycles. The van der Waals surface area contributed by atoms with E-state index < -0.39 is 5.25 Å². The van der Waals surface area contributed by atoms with Crippen LogP contribution in [0.15, 0.2) is 41.9 Å². The van der Waals surface area contributed by atoms with Crippen LogP contribution in [-0.4, -0.2) is 28.8 Å². The summed E-state index contributed by atoms with van der Waals surface area (Å²) in [6.45, 7) is 6.00. The van der Waals surface area contributed by atoms with Crippen LogP contribution in [0.4, 0.5) is 5.69 Å². The highest BCUT2D eigenvalue weighted by molar-refractivity contribution is 8.15. The molecule has 2 amide bonds. The zero-order chi connectivity index (χ0) is 15.2. The molecule has 1 aliphatic rings. The Balaban J connectivity index is 1.89. The summed E-state index contributed by atoms with van der Waals surface area (Å²) >= 11 is 1.28. The van der Waals surface area contributed by atoms with Gasteiger partial charge in [-0.1, -0.05) is 35.5 Å². The van der Waals surface area contributed by atoms with Gasteiger partial charge in [0.2, 0.25) is 11.8 Å². The number of carbonyl (C=O) groups is 2. The van der Waals surface area contributed by atoms with Gasteiger partial charge in [0.05, 0.1) is 6.54 Å². The zero-order valence-electron chi connectivity index (χ0n) is 11.8. The number of thioether (sulfide) groups is 1. The van der Waals surface area contributed by atoms with Gasteiger partial charge in [-0.05, 0) is 19.1 Å². The fourth-order valence-corrected chi connectivity index (χ4v) is 2.76. The van der Waals surface area contributed by atoms with Crippen LogP contribution in [0, 0.1) is 6.92 Å². The fourth-order valence-electron chi connectivity index (χ4n) is 1.78. The van der Waals surface area contributed by atoms with Crippen molar-refractivity contribution in [1.82, 2.24) is 5.32 Å². The second kappa shape index (κ2) is 7.08. The molecule has 1 atom stereocenters. The van der Waals surface area contributed by atoms with Crippen molar-refractivity contribution in [2.45, 2.75) is 18.6 Å². The van der Waals surface area contributed by atoms with Crippen molar-refractivity contribution < 1.29 is 9.59 Å². The summed E-state index contributed by atoms with van der Waals surface area (Å²) in [5.41, 5.74) is 1.86. The number of amides is 2. The lowest BCUT2D eigenvalue weighted by Gasteiger charge is -2.07. The number of hydrogen-bond acceptors (Lipinski definition) is 4. The third-order valence-corrected chi connectivity index (χ3v) is 3.97. The molecule has 1 aliphatic heterocycles. The van der Waals surface area contributed by atoms with Gasteiger partial charge in [0.25, 0.3) is 0 Å². The minimum atomic E-state index is -0.431. The monoisotopic (exact) mass is 303 g/mol. The van der Waals surface area contributed by atoms with Crippen LogP contribution < -0.4 is 10.6 Å². The largest absolute Gasteiger partial charge is 0.326 e. The van der Waals surface area contributed by atoms with E-state index in [9.17, 15) is 9.59 Å². The van der Waals surface area contributed by atoms with Crippen molar-refractivity contribution in [3.63, 3.8) is 0 Å². The maximum absolute atomic E-state index is 12.0. The highest BCUT2D eigenvalue weighted by atomic mass is 32.2. The number of aliphatic imine (C=N–C) groups is 1. The third-order valence-electron chi connectivity index (χ3n) is 2.85. The number of benzene rings is 1. The van der Waals surface area contributed by atoms with Gasteiger partial charge in [0.1, 0.15) is 5.25 Å². The molecule has 5 nitrogen and oxygen atoms in total. The van der Waals surface area contributed by atoms with Crippen molar-refractivity contribution in [1.29, 1.82) is 0 Å². The molecule has 0 bridgehead atoms. The smallest absolute Gasteiger partial charge is 0.240 e. The van der Waals surface area contributed by atoms with Crippen molar-refractivity contribution in [2.75, 3.05) is 11.9 Å². The first-order valence-electron chi connectivity index (χ1n) is 6.58. The number of aryl methyl sites for hydroxylation is 1. The van der Waals surface area contributed by atoms with E-state index in [1.165, 1.54) is 11.8 Å². The fraction of sp³-hybridized carbons (Fsp3) is 0.267. The lowest BCUT2D eigenvalue weighted by molar-refractivity contribution is -0.122. The molecule has 0 aliphatic carbocycles. The van der Waals surface area contributed by atoms with Crippen LogP contribution in [0.1, 0.15) is 12.0 Å². The molecule has 0 radical (unpaired) electrons. The summed E-state index contributed by atoms with van der Waals surface area (Å²) in [6.07, 6.45) is 1.77. The summed E-state index contributed by atoms with van der Waals surface area (Å²) in [7, 11) is 0. The normalized spacial score (nSPS) is 19.4. The standard InChI is InChI=1S/C15H17N3O2S/c1-3-8-16-15-18-14(20)12(21-15)9-13(19)17-11-6-4-10(2)5-7-11/h3-7,12H,1,8-9H2,2H3,(H,17,19)(H,16,18,20)/t12-/m1/s1. The minimum absolute atomic E-state index is 0.123. The number of nitrogens with one attached hydrogen (secondary N) is 2. The number of hydrogen-bond donors (Lipinski definition) is 2. The van der Waals surface area contributed by atoms with E-state index in [0.29, 0.717) is 11.7 Å². The molecule has 1 aromatic carbocycles. The van der Waals surface area contributed by atoms with Crippen LogP contribution in [0.25, 0.3) is 0 Å². The third kappa shape index (κ3) is 4.46. The quantitative estimate of drug-likeness (QED) is 0.818. The highest BCUT2D eigenvalue weighted by Crippen LogP contribution is 2.23. The van der Waals surface area contributed by atoms with E-state index >= 15 is 0 Å². The molecule has 21 heavy (non-hydrogen) atoms. The Morgan fingerprint density at radius 2 is 2.19 bits per heavy atom. The van der Waals surface area contributed by atoms with E-state index in [-0.39, 0.29) is 18.2 Å². The van der Waals surface area contributed by atoms with E-state index in [4.69, 9.17) is 0 Å². The molecule has 6 heteroatoms. The van der Waals surface area contributed by atoms with Crippen molar-refractivity contribution in [3.05, 3.63) is 42.5 Å². The molecule has 1 aromatic rings. The Morgan fingerprint density at radius 1 is 1.48 bits per heavy atom. The van der Waals surface area contributed by atoms with Gasteiger partial charge in [-0.15, -0.1) is 6.58 Å². The molecule has 2 N–H and O–H groups in total. The number of carbonyl (C=O) groups excluding carboxylic acids is 2. The summed E-state index contributed by atoms with van der Waals surface area (Å²) < 4.78 is 0. The molecule has 110 valence electrons. The summed E-state index contributed by atoms with van der Waals surface area (Å²) in [6, 6.07) is 7.53. The SMILES string of the molecule is C=CCN=C1NC(=O)[C@@H](CC(=O)Nc2ccc(C)cc2)S1. The van der Waals surface area contributed by atoms with Gasteiger partial charge in [-0.3, -0.25) is 14.6 Å². The average Bonchev–Trinajstić information content (AvgIpc) is 2.79. The average molecular weight is 303 g/mol. The van der Waals surface area contributed by atoms with Crippen LogP contribution in [0.2, 0.25) is 0 Å². The van der Waals surface area contributed by atoms with Crippen LogP contribution in [0.3, 0.4) is 0 Å². The summed E-state index contributed by atoms with van der Waals surface area (Å²) in [4.78, 5) is 27.9. The minimum Gasteiger partial charge on any atom is -0.326 e. The van der Waals surface area contributed by atoms with E-state index in [1.807, 2.05) is 31.2 Å². The van der Waals surface area contributed by atoms with Gasteiger partial charge in [-0.25, -0.2) is 0 Å². The number of anilines is 1. The van der Waals surface area contributed by atoms with Gasteiger partial charge in [-0.2, -0.15) is 0 Å². The van der Waals surface area contributed by atoms with Crippen LogP contribution in [0.5, 0.6) is 0 Å². The van der Waals surface area contributed by atoms with Gasteiger partial charge in [0, 0.05) is 12.1 Å². The predicted octanol–water partition coefficient (Wildman–Crippen LogP) is 2.10. The molecule has 1 saturated heterocycles. The van der Waals surface area contributed by atoms with Gasteiger partial charge < -0.3 is 10.6 Å². The summed E-state index contributed by atoms with van der Waals surface area (Å²) in [5, 5.41) is 5.57. The lowest BCUT2D eigenvalue weighted by atomic mass is 10.2. The van der Waals surface area contributed by atoms with Crippen LogP contribution >= 0.6 is 11.8 Å². The molecule has 2 rings (SSSR count). The Hall–Kier alpha value is -2.08. The molecular weight excluding hydrogens is 286 g/mol. The first kappa shape index (κ1) is 15.3. The Morgan fingerprint density at radius 3 is 2.86 bits per heavy atom. The van der Waals surface area contributed by atoms with E-state index in [0.717, 1.165) is 11.3 Å². The molecule has 0 unspecified atom stereocenters.